The smallest absolute Gasteiger partial charge is 0.283 e. The molecule has 20 heavy (non-hydrogen) atoms. The zero-order chi connectivity index (χ0) is 15.8. The summed E-state index contributed by atoms with van der Waals surface area (Å²) in [6.45, 7) is 16.0. The molecule has 5 heteroatoms. The predicted molar refractivity (Wildman–Crippen MR) is 84.6 cm³/mol. The maximum atomic E-state index is 10.0. The van der Waals surface area contributed by atoms with Gasteiger partial charge in [0.25, 0.3) is 14.7 Å². The molecule has 0 aromatic heterocycles. The predicted octanol–water partition coefficient (Wildman–Crippen LogP) is 2.94. The number of hydrogen-bond donors (Lipinski definition) is 1. The fourth-order valence-electron chi connectivity index (χ4n) is 1.99. The van der Waals surface area contributed by atoms with Crippen molar-refractivity contribution in [1.82, 2.24) is 0 Å². The zero-order valence-corrected chi connectivity index (χ0v) is 14.4. The topological polar surface area (TPSA) is 38.7 Å². The van der Waals surface area contributed by atoms with Crippen molar-refractivity contribution >= 4 is 14.7 Å². The van der Waals surface area contributed by atoms with Gasteiger partial charge in [-0.2, -0.15) is 0 Å². The highest BCUT2D eigenvalue weighted by Crippen LogP contribution is 2.52. The third-order valence-electron chi connectivity index (χ3n) is 5.40. The number of hydrogen-bond acceptors (Lipinski definition) is 3. The molecule has 0 aliphatic heterocycles. The molecule has 0 saturated heterocycles. The average molecular weight is 280 g/mol. The molecule has 0 unspecified atom stereocenters. The Morgan fingerprint density at radius 1 is 0.800 bits per heavy atom. The summed E-state index contributed by atoms with van der Waals surface area (Å²) < 4.78 is 11.5. The lowest BCUT2D eigenvalue weighted by atomic mass is 9.61. The summed E-state index contributed by atoms with van der Waals surface area (Å²) in [6.07, 6.45) is 2.59. The molecule has 114 valence electrons. The summed E-state index contributed by atoms with van der Waals surface area (Å²) in [5.41, 5.74) is -1.68. The SMILES string of the molecule is CC(C)(O)C(C)(C)O[B][B]OC(C)(C)C(C)(C)C1CC1. The molecule has 0 aromatic carbocycles. The van der Waals surface area contributed by atoms with Crippen LogP contribution in [0.15, 0.2) is 0 Å². The molecule has 1 saturated carbocycles. The van der Waals surface area contributed by atoms with E-state index in [4.69, 9.17) is 9.31 Å². The molecule has 3 nitrogen and oxygen atoms in total. The maximum Gasteiger partial charge on any atom is 0.283 e. The molecule has 0 heterocycles. The van der Waals surface area contributed by atoms with Crippen molar-refractivity contribution in [1.29, 1.82) is 0 Å². The Labute approximate surface area is 126 Å². The van der Waals surface area contributed by atoms with Crippen LogP contribution in [0.3, 0.4) is 0 Å². The standard InChI is InChI=1S/C15H30B2O3/c1-12(2,11-9-10-11)14(5,6)19-16-17-20-15(7,8)13(3,4)18/h11,18H,9-10H2,1-8H3. The fraction of sp³-hybridized carbons (Fsp3) is 1.00. The second kappa shape index (κ2) is 5.66. The summed E-state index contributed by atoms with van der Waals surface area (Å²) in [6, 6.07) is 0. The molecular weight excluding hydrogens is 250 g/mol. The van der Waals surface area contributed by atoms with Crippen molar-refractivity contribution < 1.29 is 14.4 Å². The largest absolute Gasteiger partial charge is 0.442 e. The van der Waals surface area contributed by atoms with E-state index in [1.165, 1.54) is 12.8 Å². The monoisotopic (exact) mass is 280 g/mol. The first-order chi connectivity index (χ1) is 8.81. The van der Waals surface area contributed by atoms with Crippen molar-refractivity contribution in [3.8, 4) is 0 Å². The molecule has 0 atom stereocenters. The van der Waals surface area contributed by atoms with Crippen LogP contribution in [0.4, 0.5) is 0 Å². The van der Waals surface area contributed by atoms with Gasteiger partial charge in [0.1, 0.15) is 0 Å². The molecular formula is C15H30B2O3. The fourth-order valence-corrected chi connectivity index (χ4v) is 1.99. The van der Waals surface area contributed by atoms with Crippen molar-refractivity contribution in [3.05, 3.63) is 0 Å². The van der Waals surface area contributed by atoms with E-state index >= 15 is 0 Å². The van der Waals surface area contributed by atoms with Crippen LogP contribution in [0, 0.1) is 11.3 Å². The van der Waals surface area contributed by atoms with Gasteiger partial charge in [-0.1, -0.05) is 13.8 Å². The molecule has 0 spiro atoms. The molecule has 1 aliphatic rings. The Bertz CT molecular complexity index is 329. The Kier molecular flexibility index (Phi) is 5.11. The van der Waals surface area contributed by atoms with Crippen molar-refractivity contribution in [2.75, 3.05) is 0 Å². The summed E-state index contributed by atoms with van der Waals surface area (Å²) in [7, 11) is 3.15. The Hall–Kier alpha value is 0.00987. The minimum Gasteiger partial charge on any atom is -0.442 e. The van der Waals surface area contributed by atoms with Crippen LogP contribution in [0.2, 0.25) is 0 Å². The van der Waals surface area contributed by atoms with Gasteiger partial charge in [-0.15, -0.1) is 0 Å². The molecule has 0 bridgehead atoms. The van der Waals surface area contributed by atoms with E-state index in [1.54, 1.807) is 28.6 Å². The summed E-state index contributed by atoms with van der Waals surface area (Å²) in [4.78, 5) is 0. The zero-order valence-electron chi connectivity index (χ0n) is 14.4. The van der Waals surface area contributed by atoms with Gasteiger partial charge < -0.3 is 14.4 Å². The van der Waals surface area contributed by atoms with E-state index in [1.807, 2.05) is 13.8 Å². The van der Waals surface area contributed by atoms with Gasteiger partial charge in [-0.25, -0.2) is 0 Å². The van der Waals surface area contributed by atoms with Gasteiger partial charge in [0.15, 0.2) is 0 Å². The highest BCUT2D eigenvalue weighted by atomic mass is 16.5. The van der Waals surface area contributed by atoms with Crippen LogP contribution in [-0.4, -0.2) is 36.7 Å². The lowest BCUT2D eigenvalue weighted by molar-refractivity contribution is -0.0896. The third kappa shape index (κ3) is 4.02. The molecule has 0 aromatic rings. The summed E-state index contributed by atoms with van der Waals surface area (Å²) >= 11 is 0. The van der Waals surface area contributed by atoms with Crippen LogP contribution >= 0.6 is 0 Å². The van der Waals surface area contributed by atoms with Gasteiger partial charge in [0.05, 0.1) is 11.2 Å². The Balaban J connectivity index is 2.41. The van der Waals surface area contributed by atoms with Crippen molar-refractivity contribution in [3.63, 3.8) is 0 Å². The Morgan fingerprint density at radius 2 is 1.20 bits per heavy atom. The van der Waals surface area contributed by atoms with E-state index in [2.05, 4.69) is 27.7 Å². The van der Waals surface area contributed by atoms with Crippen molar-refractivity contribution in [2.24, 2.45) is 11.3 Å². The maximum absolute atomic E-state index is 10.0. The van der Waals surface area contributed by atoms with E-state index in [9.17, 15) is 5.11 Å². The quantitative estimate of drug-likeness (QED) is 0.548. The van der Waals surface area contributed by atoms with E-state index in [0.29, 0.717) is 0 Å². The molecule has 1 N–H and O–H groups in total. The molecule has 0 amide bonds. The van der Waals surface area contributed by atoms with Gasteiger partial charge in [0, 0.05) is 5.60 Å². The van der Waals surface area contributed by atoms with Gasteiger partial charge in [-0.3, -0.25) is 0 Å². The molecule has 1 aliphatic carbocycles. The van der Waals surface area contributed by atoms with Crippen LogP contribution in [-0.2, 0) is 9.31 Å². The Morgan fingerprint density at radius 3 is 1.55 bits per heavy atom. The summed E-state index contributed by atoms with van der Waals surface area (Å²) in [5.74, 6) is 0.750. The average Bonchev–Trinajstić information content (AvgIpc) is 3.06. The van der Waals surface area contributed by atoms with Crippen LogP contribution in [0.1, 0.15) is 68.2 Å². The number of aliphatic hydroxyl groups is 1. The van der Waals surface area contributed by atoms with Crippen LogP contribution in [0.5, 0.6) is 0 Å². The molecule has 1 rings (SSSR count). The second-order valence-corrected chi connectivity index (χ2v) is 8.08. The molecule has 2 radical (unpaired) electrons. The van der Waals surface area contributed by atoms with Gasteiger partial charge in [0.2, 0.25) is 0 Å². The minimum absolute atomic E-state index is 0.142. The first-order valence-electron chi connectivity index (χ1n) is 7.54. The minimum atomic E-state index is -0.917. The first kappa shape index (κ1) is 18.1. The summed E-state index contributed by atoms with van der Waals surface area (Å²) in [5, 5.41) is 10.0. The first-order valence-corrected chi connectivity index (χ1v) is 7.54. The van der Waals surface area contributed by atoms with E-state index < -0.39 is 11.2 Å². The van der Waals surface area contributed by atoms with Crippen LogP contribution in [0.25, 0.3) is 0 Å². The highest BCUT2D eigenvalue weighted by Gasteiger charge is 2.48. The number of rotatable bonds is 8. The van der Waals surface area contributed by atoms with Crippen LogP contribution < -0.4 is 0 Å². The van der Waals surface area contributed by atoms with E-state index in [0.717, 1.165) is 5.92 Å². The lowest BCUT2D eigenvalue weighted by Crippen LogP contribution is -2.50. The van der Waals surface area contributed by atoms with Gasteiger partial charge >= 0.3 is 0 Å². The lowest BCUT2D eigenvalue weighted by Gasteiger charge is -2.43. The molecule has 1 fully saturated rings. The second-order valence-electron chi connectivity index (χ2n) is 8.08. The van der Waals surface area contributed by atoms with E-state index in [-0.39, 0.29) is 11.0 Å². The highest BCUT2D eigenvalue weighted by molar-refractivity contribution is 6.93. The normalized spacial score (nSPS) is 18.1. The van der Waals surface area contributed by atoms with Gasteiger partial charge in [-0.05, 0) is 65.7 Å². The third-order valence-corrected chi connectivity index (χ3v) is 5.40. The van der Waals surface area contributed by atoms with Crippen molar-refractivity contribution in [2.45, 2.75) is 85.0 Å².